The largest absolute Gasteiger partial charge is 0.379 e. The lowest BCUT2D eigenvalue weighted by molar-refractivity contribution is 0.0320. The molecule has 0 aromatic heterocycles. The van der Waals surface area contributed by atoms with E-state index >= 15 is 0 Å². The van der Waals surface area contributed by atoms with E-state index in [0.717, 1.165) is 50.6 Å². The topological polar surface area (TPSA) is 48.9 Å². The fourth-order valence-electron chi connectivity index (χ4n) is 3.61. The maximum absolute atomic E-state index is 5.42. The zero-order valence-electron chi connectivity index (χ0n) is 16.1. The zero-order valence-corrected chi connectivity index (χ0v) is 19.3. The van der Waals surface area contributed by atoms with E-state index in [1.807, 2.05) is 7.05 Å². The number of hydrogen-bond donors (Lipinski definition) is 2. The number of morpholine rings is 1. The van der Waals surface area contributed by atoms with Gasteiger partial charge in [-0.05, 0) is 30.9 Å². The van der Waals surface area contributed by atoms with Gasteiger partial charge in [-0.15, -0.1) is 24.0 Å². The maximum atomic E-state index is 5.42. The second-order valence-corrected chi connectivity index (χ2v) is 8.63. The van der Waals surface area contributed by atoms with Crippen LogP contribution in [-0.4, -0.2) is 74.3 Å². The van der Waals surface area contributed by atoms with Crippen LogP contribution in [0.5, 0.6) is 0 Å². The number of guanidine groups is 1. The third-order valence-corrected chi connectivity index (χ3v) is 6.12. The molecule has 3 atom stereocenters. The summed E-state index contributed by atoms with van der Waals surface area (Å²) in [6.45, 7) is 10.6. The third-order valence-electron chi connectivity index (χ3n) is 4.88. The molecule has 2 rings (SSSR count). The van der Waals surface area contributed by atoms with Crippen molar-refractivity contribution >= 4 is 41.7 Å². The van der Waals surface area contributed by atoms with Gasteiger partial charge in [0.25, 0.3) is 0 Å². The second-order valence-electron chi connectivity index (χ2n) is 7.06. The Hall–Kier alpha value is 0.270. The van der Waals surface area contributed by atoms with E-state index in [1.54, 1.807) is 0 Å². The first-order valence-corrected chi connectivity index (χ1v) is 10.6. The molecule has 3 unspecified atom stereocenters. The quantitative estimate of drug-likeness (QED) is 0.331. The van der Waals surface area contributed by atoms with Crippen molar-refractivity contribution in [1.82, 2.24) is 15.5 Å². The maximum Gasteiger partial charge on any atom is 0.191 e. The molecule has 0 amide bonds. The molecule has 0 aromatic rings. The SMILES string of the molecule is CCSC1CCCC(NC(=NC)NCC(C)CN2CCOCC2)C1.I. The molecule has 1 heterocycles. The van der Waals surface area contributed by atoms with E-state index in [4.69, 9.17) is 4.74 Å². The van der Waals surface area contributed by atoms with Gasteiger partial charge in [-0.3, -0.25) is 9.89 Å². The van der Waals surface area contributed by atoms with Gasteiger partial charge in [0.15, 0.2) is 5.96 Å². The van der Waals surface area contributed by atoms with Gasteiger partial charge in [0.05, 0.1) is 13.2 Å². The molecule has 148 valence electrons. The lowest BCUT2D eigenvalue weighted by atomic mass is 9.95. The molecular weight excluding hydrogens is 447 g/mol. The fraction of sp³-hybridized carbons (Fsp3) is 0.944. The van der Waals surface area contributed by atoms with Crippen LogP contribution in [0.2, 0.25) is 0 Å². The van der Waals surface area contributed by atoms with Gasteiger partial charge in [0.2, 0.25) is 0 Å². The Balaban J connectivity index is 0.00000312. The summed E-state index contributed by atoms with van der Waals surface area (Å²) >= 11 is 2.11. The predicted molar refractivity (Wildman–Crippen MR) is 121 cm³/mol. The fourth-order valence-corrected chi connectivity index (χ4v) is 4.78. The zero-order chi connectivity index (χ0) is 17.2. The van der Waals surface area contributed by atoms with E-state index in [-0.39, 0.29) is 24.0 Å². The smallest absolute Gasteiger partial charge is 0.191 e. The number of nitrogens with zero attached hydrogens (tertiary/aromatic N) is 2. The van der Waals surface area contributed by atoms with Crippen molar-refractivity contribution in [2.45, 2.75) is 50.8 Å². The van der Waals surface area contributed by atoms with Crippen LogP contribution in [-0.2, 0) is 4.74 Å². The summed E-state index contributed by atoms with van der Waals surface area (Å²) in [5.74, 6) is 2.80. The van der Waals surface area contributed by atoms with Crippen LogP contribution in [0.4, 0.5) is 0 Å². The lowest BCUT2D eigenvalue weighted by Gasteiger charge is -2.31. The summed E-state index contributed by atoms with van der Waals surface area (Å²) in [5, 5.41) is 7.99. The number of rotatable bonds is 7. The van der Waals surface area contributed by atoms with E-state index in [1.165, 1.54) is 31.4 Å². The van der Waals surface area contributed by atoms with E-state index in [0.29, 0.717) is 12.0 Å². The van der Waals surface area contributed by atoms with Crippen LogP contribution in [0, 0.1) is 5.92 Å². The molecule has 5 nitrogen and oxygen atoms in total. The van der Waals surface area contributed by atoms with Crippen LogP contribution in [0.25, 0.3) is 0 Å². The summed E-state index contributed by atoms with van der Waals surface area (Å²) in [6, 6.07) is 0.573. The summed E-state index contributed by atoms with van der Waals surface area (Å²) in [4.78, 5) is 6.93. The molecule has 2 aliphatic rings. The first kappa shape index (κ1) is 23.3. The normalized spacial score (nSPS) is 26.6. The standard InChI is InChI=1S/C18H36N4OS.HI/c1-4-24-17-7-5-6-16(12-17)21-18(19-3)20-13-15(2)14-22-8-10-23-11-9-22;/h15-17H,4-14H2,1-3H3,(H2,19,20,21);1H. The Labute approximate surface area is 175 Å². The molecule has 7 heteroatoms. The van der Waals surface area contributed by atoms with E-state index in [9.17, 15) is 0 Å². The monoisotopic (exact) mass is 484 g/mol. The molecule has 0 aromatic carbocycles. The Bertz CT molecular complexity index is 378. The molecule has 0 spiro atoms. The highest BCUT2D eigenvalue weighted by Gasteiger charge is 2.22. The van der Waals surface area contributed by atoms with Gasteiger partial charge in [-0.2, -0.15) is 11.8 Å². The molecular formula is C18H37IN4OS. The van der Waals surface area contributed by atoms with Crippen molar-refractivity contribution in [2.75, 3.05) is 52.2 Å². The van der Waals surface area contributed by atoms with Gasteiger partial charge in [0.1, 0.15) is 0 Å². The molecule has 0 bridgehead atoms. The van der Waals surface area contributed by atoms with Crippen molar-refractivity contribution in [1.29, 1.82) is 0 Å². The van der Waals surface area contributed by atoms with Crippen molar-refractivity contribution < 1.29 is 4.74 Å². The van der Waals surface area contributed by atoms with Crippen molar-refractivity contribution in [3.05, 3.63) is 0 Å². The first-order valence-electron chi connectivity index (χ1n) is 9.60. The predicted octanol–water partition coefficient (Wildman–Crippen LogP) is 2.80. The van der Waals surface area contributed by atoms with Gasteiger partial charge in [0, 0.05) is 44.5 Å². The number of halogens is 1. The van der Waals surface area contributed by atoms with Gasteiger partial charge in [-0.25, -0.2) is 0 Å². The average Bonchev–Trinajstić information content (AvgIpc) is 2.60. The highest BCUT2D eigenvalue weighted by molar-refractivity contribution is 14.0. The molecule has 1 aliphatic carbocycles. The van der Waals surface area contributed by atoms with Crippen LogP contribution < -0.4 is 10.6 Å². The van der Waals surface area contributed by atoms with Gasteiger partial charge >= 0.3 is 0 Å². The second kappa shape index (κ2) is 13.4. The van der Waals surface area contributed by atoms with Crippen LogP contribution >= 0.6 is 35.7 Å². The van der Waals surface area contributed by atoms with Gasteiger partial charge in [-0.1, -0.05) is 20.3 Å². The number of thioether (sulfide) groups is 1. The van der Waals surface area contributed by atoms with Gasteiger partial charge < -0.3 is 15.4 Å². The molecule has 25 heavy (non-hydrogen) atoms. The summed E-state index contributed by atoms with van der Waals surface area (Å²) in [6.07, 6.45) is 5.24. The summed E-state index contributed by atoms with van der Waals surface area (Å²) in [5.41, 5.74) is 0. The minimum Gasteiger partial charge on any atom is -0.379 e. The van der Waals surface area contributed by atoms with Crippen molar-refractivity contribution in [3.63, 3.8) is 0 Å². The number of nitrogens with one attached hydrogen (secondary N) is 2. The highest BCUT2D eigenvalue weighted by Crippen LogP contribution is 2.28. The average molecular weight is 484 g/mol. The minimum atomic E-state index is 0. The van der Waals surface area contributed by atoms with E-state index in [2.05, 4.69) is 46.1 Å². The van der Waals surface area contributed by atoms with Crippen LogP contribution in [0.15, 0.2) is 4.99 Å². The Kier molecular flexibility index (Phi) is 12.5. The summed E-state index contributed by atoms with van der Waals surface area (Å²) < 4.78 is 5.42. The highest BCUT2D eigenvalue weighted by atomic mass is 127. The van der Waals surface area contributed by atoms with Crippen LogP contribution in [0.1, 0.15) is 39.5 Å². The molecule has 1 aliphatic heterocycles. The molecule has 1 saturated carbocycles. The molecule has 1 saturated heterocycles. The number of hydrogen-bond acceptors (Lipinski definition) is 4. The summed E-state index contributed by atoms with van der Waals surface area (Å²) in [7, 11) is 1.88. The Morgan fingerprint density at radius 2 is 2.08 bits per heavy atom. The minimum absolute atomic E-state index is 0. The lowest BCUT2D eigenvalue weighted by Crippen LogP contribution is -2.48. The molecule has 2 N–H and O–H groups in total. The Morgan fingerprint density at radius 3 is 2.76 bits per heavy atom. The van der Waals surface area contributed by atoms with E-state index < -0.39 is 0 Å². The number of aliphatic imine (C=N–C) groups is 1. The third kappa shape index (κ3) is 9.15. The number of ether oxygens (including phenoxy) is 1. The van der Waals surface area contributed by atoms with Crippen LogP contribution in [0.3, 0.4) is 0 Å². The molecule has 2 fully saturated rings. The van der Waals surface area contributed by atoms with Crippen molar-refractivity contribution in [2.24, 2.45) is 10.9 Å². The first-order chi connectivity index (χ1) is 11.7. The molecule has 0 radical (unpaired) electrons. The van der Waals surface area contributed by atoms with Crippen molar-refractivity contribution in [3.8, 4) is 0 Å². The Morgan fingerprint density at radius 1 is 1.32 bits per heavy atom.